The summed E-state index contributed by atoms with van der Waals surface area (Å²) < 4.78 is 0. The normalized spacial score (nSPS) is 16.4. The van der Waals surface area contributed by atoms with Crippen LogP contribution in [0.3, 0.4) is 0 Å². The standard InChI is InChI=1S/C25H46/c1-17(16-22(4,5)6)20(24(10,11)12)21(25(13,14)15)18(2)19(3)23(7,8)9/h3,16H2,1-2,4-15H3/b20-17+,21-18+. The predicted molar refractivity (Wildman–Crippen MR) is 117 cm³/mol. The van der Waals surface area contributed by atoms with Gasteiger partial charge in [0.15, 0.2) is 0 Å². The van der Waals surface area contributed by atoms with Gasteiger partial charge in [0.1, 0.15) is 0 Å². The smallest absolute Gasteiger partial charge is 0.0126 e. The molecule has 0 heteroatoms. The highest BCUT2D eigenvalue weighted by Crippen LogP contribution is 2.48. The van der Waals surface area contributed by atoms with E-state index in [9.17, 15) is 0 Å². The Hall–Kier alpha value is -0.780. The molecule has 0 amide bonds. The molecule has 0 aromatic heterocycles. The summed E-state index contributed by atoms with van der Waals surface area (Å²) >= 11 is 0. The van der Waals surface area contributed by atoms with Gasteiger partial charge >= 0.3 is 0 Å². The maximum Gasteiger partial charge on any atom is -0.0126 e. The van der Waals surface area contributed by atoms with Crippen LogP contribution < -0.4 is 0 Å². The van der Waals surface area contributed by atoms with Gasteiger partial charge in [-0.15, -0.1) is 0 Å². The number of hydrogen-bond acceptors (Lipinski definition) is 0. The molecule has 0 aromatic carbocycles. The molecule has 0 bridgehead atoms. The monoisotopic (exact) mass is 346 g/mol. The summed E-state index contributed by atoms with van der Waals surface area (Å²) in [5.74, 6) is 0. The summed E-state index contributed by atoms with van der Waals surface area (Å²) in [6.07, 6.45) is 1.12. The Bertz CT molecular complexity index is 549. The van der Waals surface area contributed by atoms with Crippen LogP contribution in [0.2, 0.25) is 0 Å². The Kier molecular flexibility index (Phi) is 7.22. The zero-order valence-electron chi connectivity index (χ0n) is 19.9. The zero-order chi connectivity index (χ0) is 20.6. The highest BCUT2D eigenvalue weighted by atomic mass is 14.4. The summed E-state index contributed by atoms with van der Waals surface area (Å²) in [5, 5.41) is 0. The number of allylic oxidation sites excluding steroid dienone is 5. The first-order valence-electron chi connectivity index (χ1n) is 9.81. The van der Waals surface area contributed by atoms with Gasteiger partial charge in [-0.3, -0.25) is 0 Å². The molecule has 0 unspecified atom stereocenters. The Morgan fingerprint density at radius 1 is 0.600 bits per heavy atom. The summed E-state index contributed by atoms with van der Waals surface area (Å²) in [4.78, 5) is 0. The average molecular weight is 347 g/mol. The van der Waals surface area contributed by atoms with Gasteiger partial charge in [-0.1, -0.05) is 95.2 Å². The lowest BCUT2D eigenvalue weighted by atomic mass is 9.66. The van der Waals surface area contributed by atoms with Gasteiger partial charge in [0.05, 0.1) is 0 Å². The molecule has 0 aromatic rings. The molecule has 25 heavy (non-hydrogen) atoms. The van der Waals surface area contributed by atoms with E-state index >= 15 is 0 Å². The first-order valence-corrected chi connectivity index (χ1v) is 9.81. The Morgan fingerprint density at radius 3 is 1.20 bits per heavy atom. The van der Waals surface area contributed by atoms with Crippen molar-refractivity contribution >= 4 is 0 Å². The quantitative estimate of drug-likeness (QED) is 0.448. The molecule has 0 N–H and O–H groups in total. The molecule has 0 aliphatic rings. The highest BCUT2D eigenvalue weighted by molar-refractivity contribution is 5.51. The van der Waals surface area contributed by atoms with Crippen molar-refractivity contribution in [2.75, 3.05) is 0 Å². The van der Waals surface area contributed by atoms with Crippen LogP contribution in [0.15, 0.2) is 34.4 Å². The van der Waals surface area contributed by atoms with E-state index < -0.39 is 0 Å². The third-order valence-corrected chi connectivity index (χ3v) is 4.71. The van der Waals surface area contributed by atoms with Crippen LogP contribution in [0.5, 0.6) is 0 Å². The molecule has 0 aliphatic heterocycles. The van der Waals surface area contributed by atoms with E-state index in [1.165, 1.54) is 27.9 Å². The van der Waals surface area contributed by atoms with Crippen molar-refractivity contribution in [3.63, 3.8) is 0 Å². The van der Waals surface area contributed by atoms with Crippen molar-refractivity contribution in [3.05, 3.63) is 34.4 Å². The molecule has 0 heterocycles. The molecular formula is C25H46. The summed E-state index contributed by atoms with van der Waals surface area (Å²) in [6.45, 7) is 37.0. The average Bonchev–Trinajstić information content (AvgIpc) is 2.27. The lowest BCUT2D eigenvalue weighted by Crippen LogP contribution is -2.25. The van der Waals surface area contributed by atoms with Gasteiger partial charge < -0.3 is 0 Å². The Morgan fingerprint density at radius 2 is 0.960 bits per heavy atom. The van der Waals surface area contributed by atoms with Crippen LogP contribution in [0.1, 0.15) is 103 Å². The van der Waals surface area contributed by atoms with Crippen molar-refractivity contribution in [1.29, 1.82) is 0 Å². The molecule has 0 aliphatic carbocycles. The highest BCUT2D eigenvalue weighted by Gasteiger charge is 2.33. The van der Waals surface area contributed by atoms with Gasteiger partial charge in [-0.25, -0.2) is 0 Å². The molecule has 146 valence electrons. The van der Waals surface area contributed by atoms with Crippen LogP contribution in [-0.4, -0.2) is 0 Å². The maximum atomic E-state index is 4.48. The van der Waals surface area contributed by atoms with Crippen LogP contribution in [0, 0.1) is 21.7 Å². The van der Waals surface area contributed by atoms with E-state index in [1.54, 1.807) is 0 Å². The van der Waals surface area contributed by atoms with Crippen molar-refractivity contribution in [2.45, 2.75) is 103 Å². The lowest BCUT2D eigenvalue weighted by Gasteiger charge is -2.39. The lowest BCUT2D eigenvalue weighted by molar-refractivity contribution is 0.391. The van der Waals surface area contributed by atoms with Gasteiger partial charge in [0, 0.05) is 0 Å². The van der Waals surface area contributed by atoms with Crippen molar-refractivity contribution in [3.8, 4) is 0 Å². The van der Waals surface area contributed by atoms with Crippen molar-refractivity contribution in [2.24, 2.45) is 21.7 Å². The van der Waals surface area contributed by atoms with Gasteiger partial charge in [-0.05, 0) is 64.2 Å². The predicted octanol–water partition coefficient (Wildman–Crippen LogP) is 8.75. The molecule has 0 radical (unpaired) electrons. The minimum atomic E-state index is 0.0834. The molecule has 0 rings (SSSR count). The van der Waals surface area contributed by atoms with Crippen LogP contribution >= 0.6 is 0 Å². The first kappa shape index (κ1) is 24.2. The van der Waals surface area contributed by atoms with E-state index in [4.69, 9.17) is 0 Å². The molecular weight excluding hydrogens is 300 g/mol. The maximum absolute atomic E-state index is 4.48. The fourth-order valence-electron chi connectivity index (χ4n) is 3.95. The van der Waals surface area contributed by atoms with Crippen molar-refractivity contribution in [1.82, 2.24) is 0 Å². The van der Waals surface area contributed by atoms with Crippen LogP contribution in [0.25, 0.3) is 0 Å². The SMILES string of the molecule is C=C(/C(C)=C(\C(=C(\C)CC(C)(C)C)C(C)(C)C)C(C)(C)C)C(C)(C)C. The third kappa shape index (κ3) is 7.16. The van der Waals surface area contributed by atoms with Crippen LogP contribution in [0.4, 0.5) is 0 Å². The molecule has 0 fully saturated rings. The minimum Gasteiger partial charge on any atom is -0.0950 e. The molecule has 0 nitrogen and oxygen atoms in total. The second kappa shape index (κ2) is 7.45. The molecule has 0 saturated carbocycles. The molecule has 0 atom stereocenters. The second-order valence-corrected chi connectivity index (χ2v) is 12.1. The summed E-state index contributed by atoms with van der Waals surface area (Å²) in [5.41, 5.74) is 7.73. The third-order valence-electron chi connectivity index (χ3n) is 4.71. The number of rotatable bonds is 3. The van der Waals surface area contributed by atoms with E-state index in [1.807, 2.05) is 0 Å². The Labute approximate surface area is 159 Å². The zero-order valence-corrected chi connectivity index (χ0v) is 19.9. The fraction of sp³-hybridized carbons (Fsp3) is 0.760. The van der Waals surface area contributed by atoms with Gasteiger partial charge in [-0.2, -0.15) is 0 Å². The van der Waals surface area contributed by atoms with E-state index in [2.05, 4.69) is 104 Å². The van der Waals surface area contributed by atoms with E-state index in [0.29, 0.717) is 5.41 Å². The molecule has 0 spiro atoms. The summed E-state index contributed by atoms with van der Waals surface area (Å²) in [7, 11) is 0. The van der Waals surface area contributed by atoms with Gasteiger partial charge in [0.25, 0.3) is 0 Å². The second-order valence-electron chi connectivity index (χ2n) is 12.1. The van der Waals surface area contributed by atoms with Crippen molar-refractivity contribution < 1.29 is 0 Å². The largest absolute Gasteiger partial charge is 0.0950 e. The Balaban J connectivity index is 6.88. The minimum absolute atomic E-state index is 0.0834. The molecule has 0 saturated heterocycles. The van der Waals surface area contributed by atoms with Gasteiger partial charge in [0.2, 0.25) is 0 Å². The fourth-order valence-corrected chi connectivity index (χ4v) is 3.95. The van der Waals surface area contributed by atoms with E-state index in [0.717, 1.165) is 6.42 Å². The topological polar surface area (TPSA) is 0 Å². The number of hydrogen-bond donors (Lipinski definition) is 0. The summed E-state index contributed by atoms with van der Waals surface area (Å²) in [6, 6.07) is 0. The van der Waals surface area contributed by atoms with E-state index in [-0.39, 0.29) is 16.2 Å². The van der Waals surface area contributed by atoms with Crippen LogP contribution in [-0.2, 0) is 0 Å². The first-order chi connectivity index (χ1) is 10.7.